The van der Waals surface area contributed by atoms with Crippen LogP contribution in [0.3, 0.4) is 0 Å². The highest BCUT2D eigenvalue weighted by molar-refractivity contribution is 5.69. The molecule has 0 aliphatic heterocycles. The van der Waals surface area contributed by atoms with Gasteiger partial charge in [0.05, 0.1) is 0 Å². The fourth-order valence-corrected chi connectivity index (χ4v) is 4.49. The fourth-order valence-electron chi connectivity index (χ4n) is 4.49. The lowest BCUT2D eigenvalue weighted by atomic mass is 9.75. The highest BCUT2D eigenvalue weighted by Gasteiger charge is 2.37. The predicted octanol–water partition coefficient (Wildman–Crippen LogP) is 7.98. The largest absolute Gasteiger partial charge is 0.459 e. The molecule has 1 unspecified atom stereocenters. The molecule has 0 bridgehead atoms. The molecule has 1 saturated carbocycles. The van der Waals surface area contributed by atoms with Crippen LogP contribution in [0.15, 0.2) is 0 Å². The van der Waals surface area contributed by atoms with Crippen molar-refractivity contribution in [2.45, 2.75) is 142 Å². The van der Waals surface area contributed by atoms with E-state index in [4.69, 9.17) is 4.74 Å². The fraction of sp³-hybridized carbons (Fsp3) is 0.958. The predicted molar refractivity (Wildman–Crippen MR) is 112 cm³/mol. The Balaban J connectivity index is 2.36. The maximum atomic E-state index is 12.5. The quantitative estimate of drug-likeness (QED) is 0.217. The molecular formula is C24H46O2. The van der Waals surface area contributed by atoms with Gasteiger partial charge in [-0.25, -0.2) is 0 Å². The average Bonchev–Trinajstić information content (AvgIpc) is 2.65. The zero-order chi connectivity index (χ0) is 19.1. The van der Waals surface area contributed by atoms with Gasteiger partial charge in [-0.3, -0.25) is 4.79 Å². The van der Waals surface area contributed by atoms with Gasteiger partial charge in [-0.15, -0.1) is 0 Å². The highest BCUT2D eigenvalue weighted by Crippen LogP contribution is 2.38. The van der Waals surface area contributed by atoms with E-state index in [0.717, 1.165) is 12.8 Å². The minimum atomic E-state index is -0.216. The van der Waals surface area contributed by atoms with Gasteiger partial charge in [-0.2, -0.15) is 0 Å². The lowest BCUT2D eigenvalue weighted by molar-refractivity contribution is -0.167. The van der Waals surface area contributed by atoms with Gasteiger partial charge in [0.1, 0.15) is 5.60 Å². The Morgan fingerprint density at radius 2 is 1.35 bits per heavy atom. The zero-order valence-electron chi connectivity index (χ0n) is 18.1. The maximum Gasteiger partial charge on any atom is 0.306 e. The molecule has 0 spiro atoms. The molecule has 1 atom stereocenters. The monoisotopic (exact) mass is 366 g/mol. The molecular weight excluding hydrogens is 320 g/mol. The van der Waals surface area contributed by atoms with E-state index in [1.54, 1.807) is 0 Å². The topological polar surface area (TPSA) is 26.3 Å². The summed E-state index contributed by atoms with van der Waals surface area (Å²) in [6.45, 7) is 6.74. The maximum absolute atomic E-state index is 12.5. The van der Waals surface area contributed by atoms with Crippen LogP contribution in [0.25, 0.3) is 0 Å². The molecule has 0 aromatic heterocycles. The molecule has 0 aromatic carbocycles. The Morgan fingerprint density at radius 1 is 0.808 bits per heavy atom. The van der Waals surface area contributed by atoms with Gasteiger partial charge in [-0.1, -0.05) is 90.9 Å². The van der Waals surface area contributed by atoms with E-state index in [1.807, 2.05) is 0 Å². The van der Waals surface area contributed by atoms with Crippen LogP contribution in [-0.4, -0.2) is 11.6 Å². The molecule has 2 nitrogen and oxygen atoms in total. The normalized spacial score (nSPS) is 17.8. The highest BCUT2D eigenvalue weighted by atomic mass is 16.6. The van der Waals surface area contributed by atoms with Gasteiger partial charge in [0.2, 0.25) is 0 Å². The van der Waals surface area contributed by atoms with Gasteiger partial charge in [0.25, 0.3) is 0 Å². The van der Waals surface area contributed by atoms with Gasteiger partial charge in [0, 0.05) is 6.42 Å². The summed E-state index contributed by atoms with van der Waals surface area (Å²) in [7, 11) is 0. The van der Waals surface area contributed by atoms with Crippen LogP contribution in [0.4, 0.5) is 0 Å². The van der Waals surface area contributed by atoms with E-state index in [1.165, 1.54) is 96.3 Å². The molecule has 0 N–H and O–H groups in total. The van der Waals surface area contributed by atoms with Crippen molar-refractivity contribution in [2.75, 3.05) is 0 Å². The standard InChI is InChI=1S/C24H46O2/c1-4-6-8-10-11-12-16-20-23(25)26-24(3,21-17-9-7-5-2)22-18-14-13-15-19-22/h22H,4-21H2,1-3H3. The number of hydrogen-bond acceptors (Lipinski definition) is 2. The number of unbranched alkanes of at least 4 members (excludes halogenated alkanes) is 9. The summed E-state index contributed by atoms with van der Waals surface area (Å²) in [5.74, 6) is 0.637. The second-order valence-corrected chi connectivity index (χ2v) is 8.80. The Kier molecular flexibility index (Phi) is 13.1. The molecule has 1 aliphatic carbocycles. The zero-order valence-corrected chi connectivity index (χ0v) is 18.1. The van der Waals surface area contributed by atoms with Crippen molar-refractivity contribution in [1.82, 2.24) is 0 Å². The molecule has 0 saturated heterocycles. The smallest absolute Gasteiger partial charge is 0.306 e. The van der Waals surface area contributed by atoms with Gasteiger partial charge in [0.15, 0.2) is 0 Å². The third-order valence-electron chi connectivity index (χ3n) is 6.33. The summed E-state index contributed by atoms with van der Waals surface area (Å²) in [6, 6.07) is 0. The van der Waals surface area contributed by atoms with Crippen LogP contribution in [0.2, 0.25) is 0 Å². The van der Waals surface area contributed by atoms with Crippen molar-refractivity contribution in [1.29, 1.82) is 0 Å². The van der Waals surface area contributed by atoms with Crippen molar-refractivity contribution >= 4 is 5.97 Å². The number of carbonyl (C=O) groups is 1. The minimum absolute atomic E-state index is 0.0575. The second kappa shape index (κ2) is 14.5. The minimum Gasteiger partial charge on any atom is -0.459 e. The molecule has 0 radical (unpaired) electrons. The lowest BCUT2D eigenvalue weighted by Crippen LogP contribution is -2.41. The molecule has 0 aromatic rings. The van der Waals surface area contributed by atoms with Gasteiger partial charge >= 0.3 is 5.97 Å². The Morgan fingerprint density at radius 3 is 1.96 bits per heavy atom. The number of ether oxygens (including phenoxy) is 1. The van der Waals surface area contributed by atoms with Crippen LogP contribution in [-0.2, 0) is 9.53 Å². The van der Waals surface area contributed by atoms with E-state index in [9.17, 15) is 4.79 Å². The molecule has 1 rings (SSSR count). The molecule has 0 heterocycles. The summed E-state index contributed by atoms with van der Waals surface area (Å²) in [5.41, 5.74) is -0.216. The van der Waals surface area contributed by atoms with E-state index >= 15 is 0 Å². The molecule has 2 heteroatoms. The first kappa shape index (κ1) is 23.5. The number of carbonyl (C=O) groups excluding carboxylic acids is 1. The lowest BCUT2D eigenvalue weighted by Gasteiger charge is -2.39. The summed E-state index contributed by atoms with van der Waals surface area (Å²) in [4.78, 5) is 12.5. The van der Waals surface area contributed by atoms with Crippen LogP contribution in [0, 0.1) is 5.92 Å². The number of esters is 1. The van der Waals surface area contributed by atoms with E-state index in [2.05, 4.69) is 20.8 Å². The Labute approximate surface area is 163 Å². The van der Waals surface area contributed by atoms with E-state index in [-0.39, 0.29) is 11.6 Å². The van der Waals surface area contributed by atoms with Crippen molar-refractivity contribution in [3.8, 4) is 0 Å². The SMILES string of the molecule is CCCCCCCCCC(=O)OC(C)(CCCCCC)C1CCCCC1. The van der Waals surface area contributed by atoms with Crippen LogP contribution in [0.5, 0.6) is 0 Å². The third kappa shape index (κ3) is 9.97. The third-order valence-corrected chi connectivity index (χ3v) is 6.33. The van der Waals surface area contributed by atoms with E-state index < -0.39 is 0 Å². The van der Waals surface area contributed by atoms with Gasteiger partial charge in [-0.05, 0) is 44.9 Å². The van der Waals surface area contributed by atoms with Crippen LogP contribution in [0.1, 0.15) is 136 Å². The summed E-state index contributed by atoms with van der Waals surface area (Å²) >= 11 is 0. The number of rotatable bonds is 15. The molecule has 26 heavy (non-hydrogen) atoms. The number of hydrogen-bond donors (Lipinski definition) is 0. The molecule has 1 aliphatic rings. The summed E-state index contributed by atoms with van der Waals surface area (Å²) in [5, 5.41) is 0. The van der Waals surface area contributed by atoms with Crippen molar-refractivity contribution < 1.29 is 9.53 Å². The van der Waals surface area contributed by atoms with Crippen LogP contribution < -0.4 is 0 Å². The van der Waals surface area contributed by atoms with Crippen molar-refractivity contribution in [2.24, 2.45) is 5.92 Å². The molecule has 0 amide bonds. The Hall–Kier alpha value is -0.530. The Bertz CT molecular complexity index is 346. The van der Waals surface area contributed by atoms with E-state index in [0.29, 0.717) is 12.3 Å². The summed E-state index contributed by atoms with van der Waals surface area (Å²) < 4.78 is 6.16. The first-order valence-corrected chi connectivity index (χ1v) is 11.8. The summed E-state index contributed by atoms with van der Waals surface area (Å²) in [6.07, 6.45) is 21.9. The average molecular weight is 367 g/mol. The molecule has 154 valence electrons. The second-order valence-electron chi connectivity index (χ2n) is 8.80. The van der Waals surface area contributed by atoms with Crippen molar-refractivity contribution in [3.63, 3.8) is 0 Å². The first-order valence-electron chi connectivity index (χ1n) is 11.8. The molecule has 1 fully saturated rings. The van der Waals surface area contributed by atoms with Crippen LogP contribution >= 0.6 is 0 Å². The first-order chi connectivity index (χ1) is 12.6. The van der Waals surface area contributed by atoms with Gasteiger partial charge < -0.3 is 4.74 Å². The van der Waals surface area contributed by atoms with Crippen molar-refractivity contribution in [3.05, 3.63) is 0 Å².